The third-order valence-electron chi connectivity index (χ3n) is 5.34. The summed E-state index contributed by atoms with van der Waals surface area (Å²) in [5.41, 5.74) is 1.36. The van der Waals surface area contributed by atoms with Gasteiger partial charge in [0.15, 0.2) is 16.7 Å². The van der Waals surface area contributed by atoms with E-state index in [2.05, 4.69) is 4.98 Å². The molecule has 0 fully saturated rings. The second-order valence-corrected chi connectivity index (χ2v) is 8.65. The van der Waals surface area contributed by atoms with E-state index in [0.717, 1.165) is 21.8 Å². The van der Waals surface area contributed by atoms with Crippen molar-refractivity contribution in [3.8, 4) is 5.75 Å². The van der Waals surface area contributed by atoms with Crippen LogP contribution >= 0.6 is 11.3 Å². The first-order chi connectivity index (χ1) is 16.8. The second-order valence-electron chi connectivity index (χ2n) is 7.67. The van der Waals surface area contributed by atoms with E-state index < -0.39 is 29.5 Å². The summed E-state index contributed by atoms with van der Waals surface area (Å²) in [5.74, 6) is -2.77. The number of amides is 1. The standard InChI is InChI=1S/C26H22N2O6S/c1-3-34-25(33)23-15(2)27-26(35-23)28-21(17-10-7-11-18(29)14-17)20(22(31)24(28)32)19(30)13-12-16-8-5-4-6-9-16/h4-14,21,29,31H,3H2,1-2H3. The van der Waals surface area contributed by atoms with Gasteiger partial charge in [-0.1, -0.05) is 59.9 Å². The number of thiazole rings is 1. The Morgan fingerprint density at radius 1 is 1.14 bits per heavy atom. The SMILES string of the molecule is CCOC(=O)c1sc(N2C(=O)C(O)=C(C(=O)C=Cc3ccccc3)C2c2cccc(O)c2)nc1C. The van der Waals surface area contributed by atoms with Gasteiger partial charge in [0.05, 0.1) is 23.9 Å². The van der Waals surface area contributed by atoms with Crippen LogP contribution < -0.4 is 4.90 Å². The molecule has 0 bridgehead atoms. The van der Waals surface area contributed by atoms with Gasteiger partial charge in [0.1, 0.15) is 10.6 Å². The van der Waals surface area contributed by atoms with Gasteiger partial charge in [0.2, 0.25) is 0 Å². The number of carbonyl (C=O) groups excluding carboxylic acids is 3. The van der Waals surface area contributed by atoms with Gasteiger partial charge < -0.3 is 14.9 Å². The number of aryl methyl sites for hydroxylation is 1. The molecule has 0 aliphatic carbocycles. The highest BCUT2D eigenvalue weighted by molar-refractivity contribution is 7.17. The van der Waals surface area contributed by atoms with Gasteiger partial charge in [0, 0.05) is 0 Å². The van der Waals surface area contributed by atoms with Crippen molar-refractivity contribution in [3.63, 3.8) is 0 Å². The van der Waals surface area contributed by atoms with Crippen LogP contribution in [-0.4, -0.2) is 39.5 Å². The Morgan fingerprint density at radius 2 is 1.89 bits per heavy atom. The number of aliphatic hydroxyl groups is 1. The predicted octanol–water partition coefficient (Wildman–Crippen LogP) is 4.52. The number of phenolic OH excluding ortho intramolecular Hbond substituents is 1. The Morgan fingerprint density at radius 3 is 2.57 bits per heavy atom. The zero-order chi connectivity index (χ0) is 25.1. The van der Waals surface area contributed by atoms with Crippen LogP contribution in [0.15, 0.2) is 72.0 Å². The Bertz CT molecular complexity index is 1360. The Kier molecular flexibility index (Phi) is 6.79. The normalized spacial score (nSPS) is 15.8. The smallest absolute Gasteiger partial charge is 0.350 e. The molecule has 8 nitrogen and oxygen atoms in total. The Hall–Kier alpha value is -4.24. The number of aromatic hydroxyl groups is 1. The molecular weight excluding hydrogens is 468 g/mol. The van der Waals surface area contributed by atoms with E-state index in [9.17, 15) is 24.6 Å². The predicted molar refractivity (Wildman–Crippen MR) is 131 cm³/mol. The zero-order valence-corrected chi connectivity index (χ0v) is 19.8. The molecule has 1 aliphatic heterocycles. The third-order valence-corrected chi connectivity index (χ3v) is 6.48. The van der Waals surface area contributed by atoms with Crippen LogP contribution in [-0.2, 0) is 14.3 Å². The molecule has 0 saturated carbocycles. The van der Waals surface area contributed by atoms with Crippen LogP contribution in [0, 0.1) is 6.92 Å². The largest absolute Gasteiger partial charge is 0.508 e. The molecule has 2 heterocycles. The van der Waals surface area contributed by atoms with Crippen LogP contribution in [0.25, 0.3) is 6.08 Å². The van der Waals surface area contributed by atoms with Crippen LogP contribution in [0.2, 0.25) is 0 Å². The van der Waals surface area contributed by atoms with Crippen molar-refractivity contribution in [2.24, 2.45) is 0 Å². The van der Waals surface area contributed by atoms with Crippen molar-refractivity contribution in [3.05, 3.63) is 93.7 Å². The van der Waals surface area contributed by atoms with Crippen LogP contribution in [0.4, 0.5) is 5.13 Å². The maximum Gasteiger partial charge on any atom is 0.350 e. The number of aliphatic hydroxyl groups excluding tert-OH is 1. The summed E-state index contributed by atoms with van der Waals surface area (Å²) >= 11 is 0.927. The highest BCUT2D eigenvalue weighted by Crippen LogP contribution is 2.43. The summed E-state index contributed by atoms with van der Waals surface area (Å²) in [7, 11) is 0. The van der Waals surface area contributed by atoms with Crippen molar-refractivity contribution in [2.45, 2.75) is 19.9 Å². The van der Waals surface area contributed by atoms with Gasteiger partial charge in [0.25, 0.3) is 5.91 Å². The van der Waals surface area contributed by atoms with Gasteiger partial charge in [-0.3, -0.25) is 14.5 Å². The van der Waals surface area contributed by atoms with E-state index in [0.29, 0.717) is 11.3 Å². The maximum absolute atomic E-state index is 13.2. The van der Waals surface area contributed by atoms with E-state index >= 15 is 0 Å². The van der Waals surface area contributed by atoms with E-state index in [1.54, 1.807) is 32.1 Å². The van der Waals surface area contributed by atoms with Crippen molar-refractivity contribution in [1.82, 2.24) is 4.98 Å². The van der Waals surface area contributed by atoms with Crippen molar-refractivity contribution >= 4 is 40.2 Å². The maximum atomic E-state index is 13.2. The quantitative estimate of drug-likeness (QED) is 0.369. The molecule has 3 aromatic rings. The van der Waals surface area contributed by atoms with E-state index in [1.807, 2.05) is 30.3 Å². The van der Waals surface area contributed by atoms with E-state index in [-0.39, 0.29) is 27.9 Å². The van der Waals surface area contributed by atoms with Gasteiger partial charge in [-0.25, -0.2) is 9.78 Å². The average molecular weight is 491 g/mol. The number of esters is 1. The van der Waals surface area contributed by atoms with Crippen LogP contribution in [0.1, 0.15) is 39.5 Å². The molecule has 35 heavy (non-hydrogen) atoms. The van der Waals surface area contributed by atoms with E-state index in [1.165, 1.54) is 18.2 Å². The number of aromatic nitrogens is 1. The number of anilines is 1. The fourth-order valence-corrected chi connectivity index (χ4v) is 4.75. The number of nitrogens with zero attached hydrogens (tertiary/aromatic N) is 2. The first-order valence-electron chi connectivity index (χ1n) is 10.8. The summed E-state index contributed by atoms with van der Waals surface area (Å²) < 4.78 is 5.07. The molecule has 0 saturated heterocycles. The highest BCUT2D eigenvalue weighted by atomic mass is 32.1. The topological polar surface area (TPSA) is 117 Å². The molecule has 1 amide bonds. The average Bonchev–Trinajstić information content (AvgIpc) is 3.35. The summed E-state index contributed by atoms with van der Waals surface area (Å²) in [5, 5.41) is 21.0. The molecule has 1 aromatic heterocycles. The minimum absolute atomic E-state index is 0.0737. The van der Waals surface area contributed by atoms with Gasteiger partial charge in [-0.2, -0.15) is 0 Å². The van der Waals surface area contributed by atoms with Crippen molar-refractivity contribution in [2.75, 3.05) is 11.5 Å². The fraction of sp³-hybridized carbons (Fsp3) is 0.154. The number of ether oxygens (including phenoxy) is 1. The Balaban J connectivity index is 1.79. The molecule has 1 unspecified atom stereocenters. The first-order valence-corrected chi connectivity index (χ1v) is 11.6. The number of hydrogen-bond donors (Lipinski definition) is 2. The molecule has 1 aliphatic rings. The Labute approximate surface area is 205 Å². The number of benzene rings is 2. The number of carbonyl (C=O) groups is 3. The number of allylic oxidation sites excluding steroid dienone is 1. The second kappa shape index (κ2) is 9.94. The van der Waals surface area contributed by atoms with Crippen molar-refractivity contribution < 1.29 is 29.3 Å². The lowest BCUT2D eigenvalue weighted by molar-refractivity contribution is -0.117. The summed E-state index contributed by atoms with van der Waals surface area (Å²) in [6.45, 7) is 3.47. The summed E-state index contributed by atoms with van der Waals surface area (Å²) in [4.78, 5) is 44.5. The highest BCUT2D eigenvalue weighted by Gasteiger charge is 2.45. The first kappa shape index (κ1) is 23.9. The van der Waals surface area contributed by atoms with Gasteiger partial charge in [-0.15, -0.1) is 0 Å². The molecular formula is C26H22N2O6S. The van der Waals surface area contributed by atoms with Gasteiger partial charge in [-0.05, 0) is 43.2 Å². The van der Waals surface area contributed by atoms with E-state index in [4.69, 9.17) is 4.74 Å². The molecule has 178 valence electrons. The lowest BCUT2D eigenvalue weighted by Crippen LogP contribution is -2.30. The molecule has 0 spiro atoms. The molecule has 4 rings (SSSR count). The molecule has 1 atom stereocenters. The lowest BCUT2D eigenvalue weighted by atomic mass is 9.95. The number of ketones is 1. The zero-order valence-electron chi connectivity index (χ0n) is 19.0. The van der Waals surface area contributed by atoms with Crippen LogP contribution in [0.5, 0.6) is 5.75 Å². The number of hydrogen-bond acceptors (Lipinski definition) is 8. The molecule has 2 aromatic carbocycles. The molecule has 0 radical (unpaired) electrons. The lowest BCUT2D eigenvalue weighted by Gasteiger charge is -2.24. The molecule has 2 N–H and O–H groups in total. The monoisotopic (exact) mass is 490 g/mol. The summed E-state index contributed by atoms with van der Waals surface area (Å²) in [6, 6.07) is 14.1. The van der Waals surface area contributed by atoms with Gasteiger partial charge >= 0.3 is 5.97 Å². The number of phenols is 1. The van der Waals surface area contributed by atoms with Crippen LogP contribution in [0.3, 0.4) is 0 Å². The summed E-state index contributed by atoms with van der Waals surface area (Å²) in [6.07, 6.45) is 2.87. The fourth-order valence-electron chi connectivity index (χ4n) is 3.76. The third kappa shape index (κ3) is 4.71. The molecule has 9 heteroatoms. The minimum atomic E-state index is -1.07. The minimum Gasteiger partial charge on any atom is -0.508 e. The number of rotatable bonds is 7. The van der Waals surface area contributed by atoms with Crippen molar-refractivity contribution in [1.29, 1.82) is 0 Å².